The maximum Gasteiger partial charge on any atom is 0.136 e. The van der Waals surface area contributed by atoms with Gasteiger partial charge in [-0.25, -0.2) is 4.98 Å². The third kappa shape index (κ3) is 2.55. The number of alkyl halides is 1. The summed E-state index contributed by atoms with van der Waals surface area (Å²) in [5, 5.41) is 2.52. The van der Waals surface area contributed by atoms with Crippen LogP contribution in [0.25, 0.3) is 10.8 Å². The summed E-state index contributed by atoms with van der Waals surface area (Å²) in [6.45, 7) is 1.10. The van der Waals surface area contributed by atoms with Crippen LogP contribution in [0.1, 0.15) is 25.7 Å². The smallest absolute Gasteiger partial charge is 0.136 e. The molecule has 3 heteroatoms. The van der Waals surface area contributed by atoms with Crippen molar-refractivity contribution in [3.8, 4) is 0 Å². The molecule has 1 aliphatic heterocycles. The molecule has 1 unspecified atom stereocenters. The summed E-state index contributed by atoms with van der Waals surface area (Å²) in [5.74, 6) is 1.86. The van der Waals surface area contributed by atoms with Crippen LogP contribution in [0.4, 0.5) is 5.82 Å². The third-order valence-corrected chi connectivity index (χ3v) is 4.21. The van der Waals surface area contributed by atoms with E-state index in [9.17, 15) is 0 Å². The number of aromatic nitrogens is 1. The van der Waals surface area contributed by atoms with Crippen LogP contribution >= 0.6 is 11.6 Å². The predicted molar refractivity (Wildman–Crippen MR) is 82.1 cm³/mol. The van der Waals surface area contributed by atoms with Crippen molar-refractivity contribution < 1.29 is 0 Å². The summed E-state index contributed by atoms with van der Waals surface area (Å²) >= 11 is 5.96. The van der Waals surface area contributed by atoms with E-state index in [0.717, 1.165) is 24.7 Å². The number of rotatable bonds is 3. The van der Waals surface area contributed by atoms with E-state index in [0.29, 0.717) is 6.04 Å². The minimum Gasteiger partial charge on any atom is -0.353 e. The Morgan fingerprint density at radius 1 is 1.21 bits per heavy atom. The lowest BCUT2D eigenvalue weighted by molar-refractivity contribution is 0.449. The predicted octanol–water partition coefficient (Wildman–Crippen LogP) is 4.22. The van der Waals surface area contributed by atoms with Gasteiger partial charge >= 0.3 is 0 Å². The summed E-state index contributed by atoms with van der Waals surface area (Å²) in [4.78, 5) is 7.11. The summed E-state index contributed by atoms with van der Waals surface area (Å²) in [6.07, 6.45) is 6.76. The highest BCUT2D eigenvalue weighted by Gasteiger charge is 2.24. The maximum atomic E-state index is 5.96. The van der Waals surface area contributed by atoms with Crippen LogP contribution in [0.2, 0.25) is 0 Å². The fourth-order valence-electron chi connectivity index (χ4n) is 3.04. The Labute approximate surface area is 119 Å². The van der Waals surface area contributed by atoms with Gasteiger partial charge < -0.3 is 4.90 Å². The average Bonchev–Trinajstić information content (AvgIpc) is 2.48. The molecule has 2 nitrogen and oxygen atoms in total. The lowest BCUT2D eigenvalue weighted by Crippen LogP contribution is -2.40. The van der Waals surface area contributed by atoms with Crippen LogP contribution in [0, 0.1) is 0 Å². The van der Waals surface area contributed by atoms with E-state index in [1.807, 2.05) is 6.20 Å². The number of hydrogen-bond acceptors (Lipinski definition) is 2. The maximum absolute atomic E-state index is 5.96. The van der Waals surface area contributed by atoms with E-state index in [4.69, 9.17) is 11.6 Å². The lowest BCUT2D eigenvalue weighted by Gasteiger charge is -2.37. The first-order chi connectivity index (χ1) is 9.40. The molecule has 0 aliphatic carbocycles. The van der Waals surface area contributed by atoms with Gasteiger partial charge in [0.2, 0.25) is 0 Å². The van der Waals surface area contributed by atoms with Gasteiger partial charge in [-0.15, -0.1) is 11.6 Å². The van der Waals surface area contributed by atoms with E-state index in [1.165, 1.54) is 30.0 Å². The Bertz CT molecular complexity index is 548. The molecule has 0 N–H and O–H groups in total. The lowest BCUT2D eigenvalue weighted by atomic mass is 9.99. The number of halogens is 1. The van der Waals surface area contributed by atoms with E-state index < -0.39 is 0 Å². The number of benzene rings is 1. The molecular formula is C16H19ClN2. The molecule has 100 valence electrons. The minimum atomic E-state index is 0.546. The number of nitrogens with zero attached hydrogens (tertiary/aromatic N) is 2. The number of anilines is 1. The first kappa shape index (κ1) is 12.7. The number of fused-ring (bicyclic) bond motifs is 1. The summed E-state index contributed by atoms with van der Waals surface area (Å²) in [5.41, 5.74) is 0. The SMILES string of the molecule is ClCCC1CCCCN1c1nccc2ccccc12. The van der Waals surface area contributed by atoms with E-state index in [2.05, 4.69) is 40.2 Å². The van der Waals surface area contributed by atoms with Crippen molar-refractivity contribution in [1.82, 2.24) is 4.98 Å². The fourth-order valence-corrected chi connectivity index (χ4v) is 3.29. The average molecular weight is 275 g/mol. The molecular weight excluding hydrogens is 256 g/mol. The molecule has 1 aromatic heterocycles. The molecule has 1 atom stereocenters. The van der Waals surface area contributed by atoms with E-state index >= 15 is 0 Å². The monoisotopic (exact) mass is 274 g/mol. The van der Waals surface area contributed by atoms with Crippen molar-refractivity contribution in [2.75, 3.05) is 17.3 Å². The summed E-state index contributed by atoms with van der Waals surface area (Å²) < 4.78 is 0. The Balaban J connectivity index is 2.02. The molecule has 0 bridgehead atoms. The quantitative estimate of drug-likeness (QED) is 0.779. The van der Waals surface area contributed by atoms with E-state index in [-0.39, 0.29) is 0 Å². The van der Waals surface area contributed by atoms with Crippen molar-refractivity contribution in [3.05, 3.63) is 36.5 Å². The van der Waals surface area contributed by atoms with Gasteiger partial charge in [0.15, 0.2) is 0 Å². The van der Waals surface area contributed by atoms with Crippen molar-refractivity contribution in [2.45, 2.75) is 31.7 Å². The van der Waals surface area contributed by atoms with Gasteiger partial charge in [0.1, 0.15) is 5.82 Å². The van der Waals surface area contributed by atoms with Crippen molar-refractivity contribution in [3.63, 3.8) is 0 Å². The molecule has 2 heterocycles. The molecule has 3 rings (SSSR count). The van der Waals surface area contributed by atoms with Gasteiger partial charge in [-0.1, -0.05) is 24.3 Å². The number of hydrogen-bond donors (Lipinski definition) is 0. The molecule has 0 saturated carbocycles. The standard InChI is InChI=1S/C16H19ClN2/c17-10-8-14-6-3-4-12-19(14)16-15-7-2-1-5-13(15)9-11-18-16/h1-2,5,7,9,11,14H,3-4,6,8,10,12H2. The van der Waals surface area contributed by atoms with Crippen LogP contribution in [0.15, 0.2) is 36.5 Å². The van der Waals surface area contributed by atoms with Crippen LogP contribution < -0.4 is 4.90 Å². The highest BCUT2D eigenvalue weighted by molar-refractivity contribution is 6.17. The largest absolute Gasteiger partial charge is 0.353 e. The van der Waals surface area contributed by atoms with Crippen LogP contribution in [-0.2, 0) is 0 Å². The Hall–Kier alpha value is -1.28. The van der Waals surface area contributed by atoms with Gasteiger partial charge in [0, 0.05) is 30.0 Å². The normalized spacial score (nSPS) is 19.8. The van der Waals surface area contributed by atoms with E-state index in [1.54, 1.807) is 0 Å². The first-order valence-electron chi connectivity index (χ1n) is 7.06. The molecule has 1 aliphatic rings. The molecule has 0 spiro atoms. The molecule has 19 heavy (non-hydrogen) atoms. The molecule has 1 fully saturated rings. The van der Waals surface area contributed by atoms with Crippen LogP contribution in [-0.4, -0.2) is 23.5 Å². The zero-order chi connectivity index (χ0) is 13.1. The Morgan fingerprint density at radius 2 is 2.11 bits per heavy atom. The Morgan fingerprint density at radius 3 is 3.00 bits per heavy atom. The van der Waals surface area contributed by atoms with Gasteiger partial charge in [0.25, 0.3) is 0 Å². The topological polar surface area (TPSA) is 16.1 Å². The molecule has 2 aromatic rings. The summed E-state index contributed by atoms with van der Waals surface area (Å²) in [6, 6.07) is 11.1. The zero-order valence-corrected chi connectivity index (χ0v) is 11.8. The van der Waals surface area contributed by atoms with Gasteiger partial charge in [-0.2, -0.15) is 0 Å². The molecule has 0 amide bonds. The molecule has 0 radical (unpaired) electrons. The van der Waals surface area contributed by atoms with Crippen molar-refractivity contribution in [1.29, 1.82) is 0 Å². The fraction of sp³-hybridized carbons (Fsp3) is 0.438. The molecule has 1 saturated heterocycles. The number of pyridine rings is 1. The van der Waals surface area contributed by atoms with Crippen molar-refractivity contribution in [2.24, 2.45) is 0 Å². The summed E-state index contributed by atoms with van der Waals surface area (Å²) in [7, 11) is 0. The van der Waals surface area contributed by atoms with Crippen LogP contribution in [0.5, 0.6) is 0 Å². The van der Waals surface area contributed by atoms with Crippen molar-refractivity contribution >= 4 is 28.2 Å². The highest BCUT2D eigenvalue weighted by atomic mass is 35.5. The second-order valence-corrected chi connectivity index (χ2v) is 5.55. The molecule has 1 aromatic carbocycles. The van der Waals surface area contributed by atoms with Gasteiger partial charge in [-0.3, -0.25) is 0 Å². The second kappa shape index (κ2) is 5.79. The first-order valence-corrected chi connectivity index (χ1v) is 7.60. The zero-order valence-electron chi connectivity index (χ0n) is 11.1. The van der Waals surface area contributed by atoms with Gasteiger partial charge in [-0.05, 0) is 37.1 Å². The van der Waals surface area contributed by atoms with Gasteiger partial charge in [0.05, 0.1) is 0 Å². The van der Waals surface area contributed by atoms with Crippen LogP contribution in [0.3, 0.4) is 0 Å². The third-order valence-electron chi connectivity index (χ3n) is 3.99. The number of piperidine rings is 1. The second-order valence-electron chi connectivity index (χ2n) is 5.18. The minimum absolute atomic E-state index is 0.546. The highest BCUT2D eigenvalue weighted by Crippen LogP contribution is 2.30. The Kier molecular flexibility index (Phi) is 3.88.